The van der Waals surface area contributed by atoms with Gasteiger partial charge in [0.05, 0.1) is 0 Å². The number of nitrogens with zero attached hydrogens (tertiary/aromatic N) is 3. The third kappa shape index (κ3) is 2.66. The van der Waals surface area contributed by atoms with Crippen LogP contribution in [0, 0.1) is 0 Å². The molecule has 0 amide bonds. The number of furan rings is 1. The first-order valence-electron chi connectivity index (χ1n) is 6.36. The molecular formula is C12H16BrN5O. The van der Waals surface area contributed by atoms with Crippen LogP contribution in [0.1, 0.15) is 12.8 Å². The van der Waals surface area contributed by atoms with Crippen LogP contribution in [0.5, 0.6) is 0 Å². The number of H-pyrrole nitrogens is 1. The van der Waals surface area contributed by atoms with E-state index in [9.17, 15) is 0 Å². The molecule has 1 fully saturated rings. The Morgan fingerprint density at radius 3 is 2.84 bits per heavy atom. The van der Waals surface area contributed by atoms with E-state index in [1.807, 2.05) is 19.2 Å². The number of aromatic amines is 1. The molecule has 2 aromatic rings. The predicted octanol–water partition coefficient (Wildman–Crippen LogP) is 2.02. The van der Waals surface area contributed by atoms with Gasteiger partial charge in [0.2, 0.25) is 5.95 Å². The van der Waals surface area contributed by atoms with Gasteiger partial charge in [0.1, 0.15) is 0 Å². The van der Waals surface area contributed by atoms with Crippen molar-refractivity contribution in [2.24, 2.45) is 0 Å². The molecule has 0 unspecified atom stereocenters. The number of hydrogen-bond donors (Lipinski definition) is 2. The van der Waals surface area contributed by atoms with E-state index in [4.69, 9.17) is 4.42 Å². The third-order valence-corrected chi connectivity index (χ3v) is 3.89. The zero-order valence-electron chi connectivity index (χ0n) is 10.7. The number of rotatable bonds is 3. The van der Waals surface area contributed by atoms with Gasteiger partial charge < -0.3 is 14.6 Å². The van der Waals surface area contributed by atoms with Crippen molar-refractivity contribution in [1.29, 1.82) is 0 Å². The first kappa shape index (κ1) is 12.7. The van der Waals surface area contributed by atoms with E-state index in [0.29, 0.717) is 22.3 Å². The van der Waals surface area contributed by atoms with Crippen molar-refractivity contribution < 1.29 is 4.42 Å². The first-order chi connectivity index (χ1) is 9.26. The summed E-state index contributed by atoms with van der Waals surface area (Å²) in [5, 5.41) is 10.5. The van der Waals surface area contributed by atoms with Crippen LogP contribution in [-0.4, -0.2) is 41.4 Å². The summed E-state index contributed by atoms with van der Waals surface area (Å²) in [5.41, 5.74) is 0. The van der Waals surface area contributed by atoms with Crippen LogP contribution in [0.15, 0.2) is 21.2 Å². The molecule has 3 rings (SSSR count). The van der Waals surface area contributed by atoms with Crippen molar-refractivity contribution in [1.82, 2.24) is 20.5 Å². The van der Waals surface area contributed by atoms with Crippen LogP contribution in [0.3, 0.4) is 0 Å². The van der Waals surface area contributed by atoms with E-state index in [0.717, 1.165) is 31.9 Å². The first-order valence-corrected chi connectivity index (χ1v) is 7.16. The normalized spacial score (nSPS) is 17.1. The van der Waals surface area contributed by atoms with Crippen LogP contribution in [0.4, 0.5) is 5.95 Å². The van der Waals surface area contributed by atoms with Crippen molar-refractivity contribution in [3.8, 4) is 11.6 Å². The fourth-order valence-electron chi connectivity index (χ4n) is 2.31. The van der Waals surface area contributed by atoms with Gasteiger partial charge in [-0.25, -0.2) is 0 Å². The summed E-state index contributed by atoms with van der Waals surface area (Å²) in [4.78, 5) is 6.69. The monoisotopic (exact) mass is 325 g/mol. The minimum atomic E-state index is 0.607. The Hall–Kier alpha value is -1.34. The van der Waals surface area contributed by atoms with E-state index < -0.39 is 0 Å². The molecule has 0 aliphatic carbocycles. The molecule has 1 saturated heterocycles. The molecule has 7 heteroatoms. The summed E-state index contributed by atoms with van der Waals surface area (Å²) in [6.07, 6.45) is 2.24. The SMILES string of the molecule is CNC1CCN(c2n[nH]c(-c3ccc(Br)o3)n2)CC1. The second kappa shape index (κ2) is 5.34. The zero-order chi connectivity index (χ0) is 13.2. The van der Waals surface area contributed by atoms with Gasteiger partial charge in [0, 0.05) is 19.1 Å². The number of halogens is 1. The quantitative estimate of drug-likeness (QED) is 0.903. The summed E-state index contributed by atoms with van der Waals surface area (Å²) >= 11 is 3.28. The van der Waals surface area contributed by atoms with Crippen molar-refractivity contribution in [2.75, 3.05) is 25.0 Å². The molecule has 0 spiro atoms. The van der Waals surface area contributed by atoms with Gasteiger partial charge >= 0.3 is 0 Å². The zero-order valence-corrected chi connectivity index (χ0v) is 12.3. The van der Waals surface area contributed by atoms with Crippen LogP contribution in [0.2, 0.25) is 0 Å². The molecule has 1 aliphatic rings. The van der Waals surface area contributed by atoms with Gasteiger partial charge in [-0.15, -0.1) is 5.10 Å². The maximum atomic E-state index is 5.46. The van der Waals surface area contributed by atoms with E-state index >= 15 is 0 Å². The highest BCUT2D eigenvalue weighted by molar-refractivity contribution is 9.10. The lowest BCUT2D eigenvalue weighted by atomic mass is 10.1. The second-order valence-electron chi connectivity index (χ2n) is 4.64. The van der Waals surface area contributed by atoms with Crippen molar-refractivity contribution in [2.45, 2.75) is 18.9 Å². The van der Waals surface area contributed by atoms with Crippen molar-refractivity contribution in [3.05, 3.63) is 16.8 Å². The lowest BCUT2D eigenvalue weighted by Crippen LogP contribution is -2.41. The van der Waals surface area contributed by atoms with E-state index in [1.54, 1.807) is 0 Å². The van der Waals surface area contributed by atoms with Crippen LogP contribution in [0.25, 0.3) is 11.6 Å². The minimum absolute atomic E-state index is 0.607. The predicted molar refractivity (Wildman–Crippen MR) is 76.1 cm³/mol. The Bertz CT molecular complexity index is 544. The average Bonchev–Trinajstić information content (AvgIpc) is 3.07. The number of anilines is 1. The summed E-state index contributed by atoms with van der Waals surface area (Å²) in [6.45, 7) is 1.95. The number of nitrogens with one attached hydrogen (secondary N) is 2. The lowest BCUT2D eigenvalue weighted by Gasteiger charge is -2.30. The lowest BCUT2D eigenvalue weighted by molar-refractivity contribution is 0.439. The molecule has 1 aliphatic heterocycles. The summed E-state index contributed by atoms with van der Waals surface area (Å²) in [5.74, 6) is 2.10. The maximum absolute atomic E-state index is 5.46. The molecule has 0 atom stereocenters. The Labute approximate surface area is 119 Å². The van der Waals surface area contributed by atoms with Crippen molar-refractivity contribution in [3.63, 3.8) is 0 Å². The van der Waals surface area contributed by atoms with Crippen LogP contribution < -0.4 is 10.2 Å². The van der Waals surface area contributed by atoms with Crippen molar-refractivity contribution >= 4 is 21.9 Å². The Morgan fingerprint density at radius 1 is 1.42 bits per heavy atom. The second-order valence-corrected chi connectivity index (χ2v) is 5.42. The molecule has 102 valence electrons. The van der Waals surface area contributed by atoms with Gasteiger partial charge in [-0.2, -0.15) is 4.98 Å². The van der Waals surface area contributed by atoms with Crippen LogP contribution in [-0.2, 0) is 0 Å². The standard InChI is InChI=1S/C12H16BrN5O/c1-14-8-4-6-18(7-5-8)12-15-11(16-17-12)9-2-3-10(13)19-9/h2-3,8,14H,4-7H2,1H3,(H,15,16,17). The van der Waals surface area contributed by atoms with Gasteiger partial charge in [-0.1, -0.05) is 0 Å². The largest absolute Gasteiger partial charge is 0.446 e. The third-order valence-electron chi connectivity index (χ3n) is 3.47. The molecule has 6 nitrogen and oxygen atoms in total. The molecule has 0 saturated carbocycles. The highest BCUT2D eigenvalue weighted by Crippen LogP contribution is 2.24. The number of aromatic nitrogens is 3. The van der Waals surface area contributed by atoms with E-state index in [2.05, 4.69) is 41.3 Å². The number of hydrogen-bond acceptors (Lipinski definition) is 5. The Balaban J connectivity index is 1.72. The molecule has 3 heterocycles. The van der Waals surface area contributed by atoms with E-state index in [-0.39, 0.29) is 0 Å². The van der Waals surface area contributed by atoms with Gasteiger partial charge in [-0.05, 0) is 48.0 Å². The summed E-state index contributed by atoms with van der Waals surface area (Å²) in [6, 6.07) is 4.31. The molecular weight excluding hydrogens is 310 g/mol. The Morgan fingerprint density at radius 2 is 2.21 bits per heavy atom. The molecule has 0 bridgehead atoms. The smallest absolute Gasteiger partial charge is 0.245 e. The fourth-order valence-corrected chi connectivity index (χ4v) is 2.62. The highest BCUT2D eigenvalue weighted by Gasteiger charge is 2.21. The maximum Gasteiger partial charge on any atom is 0.245 e. The van der Waals surface area contributed by atoms with Gasteiger partial charge in [0.15, 0.2) is 16.3 Å². The molecule has 19 heavy (non-hydrogen) atoms. The molecule has 2 aromatic heterocycles. The number of piperidine rings is 1. The summed E-state index contributed by atoms with van der Waals surface area (Å²) < 4.78 is 6.15. The van der Waals surface area contributed by atoms with E-state index in [1.165, 1.54) is 0 Å². The van der Waals surface area contributed by atoms with Gasteiger partial charge in [-0.3, -0.25) is 5.10 Å². The molecule has 2 N–H and O–H groups in total. The fraction of sp³-hybridized carbons (Fsp3) is 0.500. The van der Waals surface area contributed by atoms with Crippen LogP contribution >= 0.6 is 15.9 Å². The van der Waals surface area contributed by atoms with Gasteiger partial charge in [0.25, 0.3) is 0 Å². The average molecular weight is 326 g/mol. The minimum Gasteiger partial charge on any atom is -0.446 e. The highest BCUT2D eigenvalue weighted by atomic mass is 79.9. The Kier molecular flexibility index (Phi) is 3.56. The molecule has 0 aromatic carbocycles. The summed E-state index contributed by atoms with van der Waals surface area (Å²) in [7, 11) is 2.01. The molecule has 0 radical (unpaired) electrons. The topological polar surface area (TPSA) is 70.0 Å².